The largest absolute Gasteiger partial charge is 0.442 e. The van der Waals surface area contributed by atoms with E-state index in [1.165, 1.54) is 18.7 Å². The first kappa shape index (κ1) is 16.5. The quantitative estimate of drug-likeness (QED) is 0.751. The van der Waals surface area contributed by atoms with Crippen LogP contribution in [0.15, 0.2) is 35.2 Å². The lowest BCUT2D eigenvalue weighted by Gasteiger charge is -2.10. The number of nitrogen functional groups attached to an aromatic ring is 1. The lowest BCUT2D eigenvalue weighted by molar-refractivity contribution is 0.0945. The Hall–Kier alpha value is -3.36. The summed E-state index contributed by atoms with van der Waals surface area (Å²) in [5.74, 6) is -1.98. The van der Waals surface area contributed by atoms with E-state index in [9.17, 15) is 13.6 Å². The molecule has 0 saturated carbocycles. The summed E-state index contributed by atoms with van der Waals surface area (Å²) in [5.41, 5.74) is 6.14. The zero-order valence-electron chi connectivity index (χ0n) is 13.1. The molecule has 2 aromatic heterocycles. The number of hydrogen-bond acceptors (Lipinski definition) is 6. The van der Waals surface area contributed by atoms with Crippen molar-refractivity contribution in [3.63, 3.8) is 0 Å². The zero-order valence-corrected chi connectivity index (χ0v) is 13.1. The van der Waals surface area contributed by atoms with Gasteiger partial charge in [0, 0.05) is 12.1 Å². The summed E-state index contributed by atoms with van der Waals surface area (Å²) in [5, 5.41) is 2.38. The molecule has 0 spiro atoms. The van der Waals surface area contributed by atoms with Crippen LogP contribution in [0.1, 0.15) is 21.7 Å². The van der Waals surface area contributed by atoms with Gasteiger partial charge in [0.05, 0.1) is 11.9 Å². The number of halogens is 2. The number of hydrogen-bond donors (Lipinski definition) is 2. The molecule has 0 atom stereocenters. The van der Waals surface area contributed by atoms with Crippen molar-refractivity contribution in [2.45, 2.75) is 13.5 Å². The fraction of sp³-hybridized carbons (Fsp3) is 0.125. The number of carbonyl (C=O) groups is 1. The third kappa shape index (κ3) is 3.30. The van der Waals surface area contributed by atoms with Crippen molar-refractivity contribution < 1.29 is 18.0 Å². The molecule has 0 aliphatic heterocycles. The molecule has 3 aromatic rings. The minimum atomic E-state index is -0.754. The first-order valence-corrected chi connectivity index (χ1v) is 7.21. The Bertz CT molecular complexity index is 908. The van der Waals surface area contributed by atoms with Crippen LogP contribution in [0.3, 0.4) is 0 Å². The Morgan fingerprint density at radius 3 is 2.64 bits per heavy atom. The normalized spacial score (nSPS) is 10.7. The highest BCUT2D eigenvalue weighted by molar-refractivity contribution is 5.96. The predicted octanol–water partition coefficient (Wildman–Crippen LogP) is 2.23. The zero-order chi connectivity index (χ0) is 18.0. The van der Waals surface area contributed by atoms with Crippen molar-refractivity contribution in [2.75, 3.05) is 5.73 Å². The average Bonchev–Trinajstić information content (AvgIpc) is 3.10. The first-order chi connectivity index (χ1) is 12.0. The van der Waals surface area contributed by atoms with E-state index in [2.05, 4.69) is 20.3 Å². The third-order valence-corrected chi connectivity index (χ3v) is 3.47. The van der Waals surface area contributed by atoms with Crippen molar-refractivity contribution in [3.8, 4) is 11.5 Å². The van der Waals surface area contributed by atoms with Gasteiger partial charge < -0.3 is 15.5 Å². The Morgan fingerprint density at radius 1 is 1.28 bits per heavy atom. The van der Waals surface area contributed by atoms with Crippen LogP contribution >= 0.6 is 0 Å². The molecule has 7 nitrogen and oxygen atoms in total. The average molecular weight is 345 g/mol. The summed E-state index contributed by atoms with van der Waals surface area (Å²) in [6.45, 7) is 1.28. The van der Waals surface area contributed by atoms with E-state index in [-0.39, 0.29) is 23.6 Å². The summed E-state index contributed by atoms with van der Waals surface area (Å²) in [6, 6.07) is 3.45. The monoisotopic (exact) mass is 345 g/mol. The number of nitrogens with one attached hydrogen (secondary N) is 1. The van der Waals surface area contributed by atoms with Crippen molar-refractivity contribution in [1.29, 1.82) is 0 Å². The Kier molecular flexibility index (Phi) is 4.38. The second kappa shape index (κ2) is 6.63. The molecule has 0 fully saturated rings. The number of amides is 1. The maximum Gasteiger partial charge on any atom is 0.274 e. The highest BCUT2D eigenvalue weighted by atomic mass is 19.1. The number of nitrogens with zero attached hydrogens (tertiary/aromatic N) is 3. The minimum absolute atomic E-state index is 0.136. The standard InChI is InChI=1S/C16H13F2N5O2/c1-8-13(12-6-20-7-25-12)23-15(19)14(22-8)16(24)21-5-9-10(17)3-2-4-11(9)18/h2-4,6-7H,5H2,1H3,(H2,19,23)(H,21,24). The van der Waals surface area contributed by atoms with Crippen molar-refractivity contribution >= 4 is 11.7 Å². The van der Waals surface area contributed by atoms with Crippen LogP contribution in [0, 0.1) is 18.6 Å². The van der Waals surface area contributed by atoms with E-state index in [1.807, 2.05) is 0 Å². The number of aryl methyl sites for hydroxylation is 1. The lowest BCUT2D eigenvalue weighted by Crippen LogP contribution is -2.26. The molecule has 0 saturated heterocycles. The van der Waals surface area contributed by atoms with Gasteiger partial charge in [0.15, 0.2) is 23.7 Å². The number of oxazole rings is 1. The molecule has 25 heavy (non-hydrogen) atoms. The van der Waals surface area contributed by atoms with E-state index in [0.717, 1.165) is 12.1 Å². The van der Waals surface area contributed by atoms with Gasteiger partial charge in [-0.25, -0.2) is 23.7 Å². The third-order valence-electron chi connectivity index (χ3n) is 3.47. The molecule has 3 N–H and O–H groups in total. The molecule has 128 valence electrons. The van der Waals surface area contributed by atoms with Gasteiger partial charge in [-0.1, -0.05) is 6.07 Å². The second-order valence-electron chi connectivity index (χ2n) is 5.14. The van der Waals surface area contributed by atoms with E-state index < -0.39 is 17.5 Å². The number of aromatic nitrogens is 3. The molecular weight excluding hydrogens is 332 g/mol. The summed E-state index contributed by atoms with van der Waals surface area (Å²) >= 11 is 0. The maximum absolute atomic E-state index is 13.6. The Morgan fingerprint density at radius 2 is 2.00 bits per heavy atom. The van der Waals surface area contributed by atoms with Gasteiger partial charge in [0.2, 0.25) is 0 Å². The number of carbonyl (C=O) groups excluding carboxylic acids is 1. The minimum Gasteiger partial charge on any atom is -0.442 e. The van der Waals surface area contributed by atoms with Crippen LogP contribution in [0.2, 0.25) is 0 Å². The van der Waals surface area contributed by atoms with Gasteiger partial charge in [-0.05, 0) is 19.1 Å². The molecule has 9 heteroatoms. The SMILES string of the molecule is Cc1nc(C(=O)NCc2c(F)cccc2F)c(N)nc1-c1cnco1. The van der Waals surface area contributed by atoms with E-state index in [0.29, 0.717) is 17.1 Å². The smallest absolute Gasteiger partial charge is 0.274 e. The van der Waals surface area contributed by atoms with Gasteiger partial charge >= 0.3 is 0 Å². The highest BCUT2D eigenvalue weighted by Crippen LogP contribution is 2.22. The van der Waals surface area contributed by atoms with Gasteiger partial charge in [0.1, 0.15) is 17.3 Å². The molecule has 2 heterocycles. The first-order valence-electron chi connectivity index (χ1n) is 7.21. The molecule has 1 amide bonds. The van der Waals surface area contributed by atoms with Crippen LogP contribution in [0.5, 0.6) is 0 Å². The molecule has 0 bridgehead atoms. The summed E-state index contributed by atoms with van der Waals surface area (Å²) in [7, 11) is 0. The molecule has 0 radical (unpaired) electrons. The summed E-state index contributed by atoms with van der Waals surface area (Å²) < 4.78 is 32.3. The predicted molar refractivity (Wildman–Crippen MR) is 84.2 cm³/mol. The fourth-order valence-corrected chi connectivity index (χ4v) is 2.22. The molecular formula is C16H13F2N5O2. The molecule has 0 aliphatic rings. The van der Waals surface area contributed by atoms with Gasteiger partial charge in [0.25, 0.3) is 5.91 Å². The Labute approximate surface area is 140 Å². The van der Waals surface area contributed by atoms with Crippen LogP contribution in [0.4, 0.5) is 14.6 Å². The maximum atomic E-state index is 13.6. The number of nitrogens with two attached hydrogens (primary N) is 1. The van der Waals surface area contributed by atoms with Crippen LogP contribution in [-0.2, 0) is 6.54 Å². The van der Waals surface area contributed by atoms with Crippen molar-refractivity contribution in [2.24, 2.45) is 0 Å². The molecule has 0 aliphatic carbocycles. The van der Waals surface area contributed by atoms with Gasteiger partial charge in [-0.15, -0.1) is 0 Å². The molecule has 3 rings (SSSR count). The molecule has 1 aromatic carbocycles. The number of benzene rings is 1. The number of anilines is 1. The van der Waals surface area contributed by atoms with Gasteiger partial charge in [-0.3, -0.25) is 4.79 Å². The summed E-state index contributed by atoms with van der Waals surface area (Å²) in [4.78, 5) is 24.2. The fourth-order valence-electron chi connectivity index (χ4n) is 2.22. The van der Waals surface area contributed by atoms with E-state index in [4.69, 9.17) is 10.2 Å². The second-order valence-corrected chi connectivity index (χ2v) is 5.14. The number of rotatable bonds is 4. The van der Waals surface area contributed by atoms with Crippen molar-refractivity contribution in [3.05, 3.63) is 59.4 Å². The van der Waals surface area contributed by atoms with Gasteiger partial charge in [-0.2, -0.15) is 0 Å². The van der Waals surface area contributed by atoms with Crippen LogP contribution < -0.4 is 11.1 Å². The summed E-state index contributed by atoms with van der Waals surface area (Å²) in [6.07, 6.45) is 2.67. The highest BCUT2D eigenvalue weighted by Gasteiger charge is 2.19. The molecule has 0 unspecified atom stereocenters. The van der Waals surface area contributed by atoms with Crippen LogP contribution in [0.25, 0.3) is 11.5 Å². The topological polar surface area (TPSA) is 107 Å². The van der Waals surface area contributed by atoms with E-state index in [1.54, 1.807) is 6.92 Å². The van der Waals surface area contributed by atoms with E-state index >= 15 is 0 Å². The van der Waals surface area contributed by atoms with Crippen molar-refractivity contribution in [1.82, 2.24) is 20.3 Å². The lowest BCUT2D eigenvalue weighted by atomic mass is 10.2. The van der Waals surface area contributed by atoms with Crippen LogP contribution in [-0.4, -0.2) is 20.9 Å². The Balaban J connectivity index is 1.82.